The summed E-state index contributed by atoms with van der Waals surface area (Å²) in [4.78, 5) is 26.3. The van der Waals surface area contributed by atoms with Gasteiger partial charge >= 0.3 is 0 Å². The smallest absolute Gasteiger partial charge is 0.243 e. The molecule has 1 aliphatic heterocycles. The lowest BCUT2D eigenvalue weighted by Crippen LogP contribution is -2.31. The molecule has 18 heavy (non-hydrogen) atoms. The molecule has 0 bridgehead atoms. The molecule has 96 valence electrons. The molecule has 1 fully saturated rings. The molecule has 0 spiro atoms. The van der Waals surface area contributed by atoms with Crippen molar-refractivity contribution in [1.29, 1.82) is 0 Å². The normalized spacial score (nSPS) is 15.4. The first kappa shape index (κ1) is 13.2. The van der Waals surface area contributed by atoms with Gasteiger partial charge in [0.15, 0.2) is 0 Å². The standard InChI is InChI=1S/C12H12Cl2N2O2/c1-15-7-16(6-12(15)18)11(17)5-8-2-3-9(13)10(14)4-8/h2-4H,5-7H2,1H3. The van der Waals surface area contributed by atoms with E-state index in [0.717, 1.165) is 5.56 Å². The predicted molar refractivity (Wildman–Crippen MR) is 69.5 cm³/mol. The molecule has 0 radical (unpaired) electrons. The second-order valence-corrected chi connectivity index (χ2v) is 5.06. The van der Waals surface area contributed by atoms with E-state index in [1.165, 1.54) is 9.80 Å². The highest BCUT2D eigenvalue weighted by Gasteiger charge is 2.27. The molecule has 0 atom stereocenters. The van der Waals surface area contributed by atoms with Crippen LogP contribution in [0.15, 0.2) is 18.2 Å². The first-order chi connectivity index (χ1) is 8.47. The fraction of sp³-hybridized carbons (Fsp3) is 0.333. The van der Waals surface area contributed by atoms with E-state index in [1.807, 2.05) is 0 Å². The highest BCUT2D eigenvalue weighted by molar-refractivity contribution is 6.42. The average molecular weight is 287 g/mol. The van der Waals surface area contributed by atoms with Crippen molar-refractivity contribution in [3.8, 4) is 0 Å². The van der Waals surface area contributed by atoms with E-state index in [-0.39, 0.29) is 24.8 Å². The number of carbonyl (C=O) groups excluding carboxylic acids is 2. The first-order valence-corrected chi connectivity index (χ1v) is 6.18. The van der Waals surface area contributed by atoms with Crippen LogP contribution in [0.2, 0.25) is 10.0 Å². The van der Waals surface area contributed by atoms with Gasteiger partial charge in [-0.2, -0.15) is 0 Å². The second kappa shape index (κ2) is 5.16. The Balaban J connectivity index is 2.03. The summed E-state index contributed by atoms with van der Waals surface area (Å²) in [6, 6.07) is 5.09. The number of carbonyl (C=O) groups is 2. The Labute approximate surface area is 115 Å². The molecule has 2 rings (SSSR count). The molecule has 0 N–H and O–H groups in total. The average Bonchev–Trinajstić information content (AvgIpc) is 2.65. The quantitative estimate of drug-likeness (QED) is 0.832. The van der Waals surface area contributed by atoms with Crippen LogP contribution in [-0.4, -0.2) is 41.9 Å². The Morgan fingerprint density at radius 1 is 1.33 bits per heavy atom. The van der Waals surface area contributed by atoms with Crippen molar-refractivity contribution in [2.75, 3.05) is 20.3 Å². The molecule has 6 heteroatoms. The lowest BCUT2D eigenvalue weighted by Gasteiger charge is -2.15. The molecule has 1 aliphatic rings. The minimum Gasteiger partial charge on any atom is -0.326 e. The molecule has 4 nitrogen and oxygen atoms in total. The molecule has 0 saturated carbocycles. The van der Waals surface area contributed by atoms with E-state index in [1.54, 1.807) is 25.2 Å². The number of nitrogens with zero attached hydrogens (tertiary/aromatic N) is 2. The number of hydrogen-bond acceptors (Lipinski definition) is 2. The van der Waals surface area contributed by atoms with Crippen molar-refractivity contribution >= 4 is 35.0 Å². The predicted octanol–water partition coefficient (Wildman–Crippen LogP) is 1.79. The molecule has 0 aliphatic carbocycles. The summed E-state index contributed by atoms with van der Waals surface area (Å²) in [7, 11) is 1.68. The summed E-state index contributed by atoms with van der Waals surface area (Å²) in [6.45, 7) is 0.496. The van der Waals surface area contributed by atoms with Gasteiger partial charge in [-0.05, 0) is 17.7 Å². The van der Waals surface area contributed by atoms with Gasteiger partial charge in [0.2, 0.25) is 11.8 Å². The maximum absolute atomic E-state index is 12.0. The lowest BCUT2D eigenvalue weighted by molar-refractivity contribution is -0.131. The number of halogens is 2. The topological polar surface area (TPSA) is 40.6 Å². The summed E-state index contributed by atoms with van der Waals surface area (Å²) >= 11 is 11.7. The van der Waals surface area contributed by atoms with Gasteiger partial charge in [0.05, 0.1) is 23.1 Å². The summed E-state index contributed by atoms with van der Waals surface area (Å²) in [5.41, 5.74) is 0.788. The van der Waals surface area contributed by atoms with Crippen molar-refractivity contribution in [2.24, 2.45) is 0 Å². The van der Waals surface area contributed by atoms with Gasteiger partial charge in [-0.15, -0.1) is 0 Å². The zero-order chi connectivity index (χ0) is 13.3. The van der Waals surface area contributed by atoms with E-state index in [9.17, 15) is 9.59 Å². The second-order valence-electron chi connectivity index (χ2n) is 4.25. The summed E-state index contributed by atoms with van der Waals surface area (Å²) in [6.07, 6.45) is 0.220. The van der Waals surface area contributed by atoms with Gasteiger partial charge in [0, 0.05) is 7.05 Å². The van der Waals surface area contributed by atoms with Crippen LogP contribution in [0.5, 0.6) is 0 Å². The first-order valence-electron chi connectivity index (χ1n) is 5.43. The van der Waals surface area contributed by atoms with E-state index in [2.05, 4.69) is 0 Å². The third-order valence-corrected chi connectivity index (χ3v) is 3.57. The Morgan fingerprint density at radius 3 is 2.61 bits per heavy atom. The number of amides is 2. The highest BCUT2D eigenvalue weighted by atomic mass is 35.5. The lowest BCUT2D eigenvalue weighted by atomic mass is 10.1. The molecular weight excluding hydrogens is 275 g/mol. The van der Waals surface area contributed by atoms with E-state index in [4.69, 9.17) is 23.2 Å². The Kier molecular flexibility index (Phi) is 3.78. The SMILES string of the molecule is CN1CN(C(=O)Cc2ccc(Cl)c(Cl)c2)CC1=O. The number of rotatable bonds is 2. The third-order valence-electron chi connectivity index (χ3n) is 2.83. The molecule has 1 aromatic rings. The number of benzene rings is 1. The summed E-state index contributed by atoms with van der Waals surface area (Å²) < 4.78 is 0. The number of hydrogen-bond donors (Lipinski definition) is 0. The fourth-order valence-electron chi connectivity index (χ4n) is 1.77. The zero-order valence-electron chi connectivity index (χ0n) is 9.82. The maximum Gasteiger partial charge on any atom is 0.243 e. The van der Waals surface area contributed by atoms with Crippen LogP contribution in [0, 0.1) is 0 Å². The maximum atomic E-state index is 12.0. The van der Waals surface area contributed by atoms with Gasteiger partial charge in [0.25, 0.3) is 0 Å². The van der Waals surface area contributed by atoms with Crippen LogP contribution in [-0.2, 0) is 16.0 Å². The van der Waals surface area contributed by atoms with Crippen LogP contribution in [0.4, 0.5) is 0 Å². The van der Waals surface area contributed by atoms with Crippen molar-refractivity contribution in [2.45, 2.75) is 6.42 Å². The van der Waals surface area contributed by atoms with Gasteiger partial charge in [-0.25, -0.2) is 0 Å². The van der Waals surface area contributed by atoms with Crippen molar-refractivity contribution in [1.82, 2.24) is 9.80 Å². The molecular formula is C12H12Cl2N2O2. The molecule has 0 aromatic heterocycles. The monoisotopic (exact) mass is 286 g/mol. The molecule has 0 unspecified atom stereocenters. The molecule has 2 amide bonds. The Morgan fingerprint density at radius 2 is 2.06 bits per heavy atom. The third kappa shape index (κ3) is 2.76. The Bertz CT molecular complexity index is 505. The van der Waals surface area contributed by atoms with E-state index < -0.39 is 0 Å². The summed E-state index contributed by atoms with van der Waals surface area (Å²) in [5, 5.41) is 0.889. The van der Waals surface area contributed by atoms with E-state index in [0.29, 0.717) is 16.7 Å². The van der Waals surface area contributed by atoms with Crippen molar-refractivity contribution in [3.05, 3.63) is 33.8 Å². The van der Waals surface area contributed by atoms with Crippen LogP contribution in [0.25, 0.3) is 0 Å². The molecule has 1 heterocycles. The highest BCUT2D eigenvalue weighted by Crippen LogP contribution is 2.23. The van der Waals surface area contributed by atoms with Gasteiger partial charge < -0.3 is 9.80 Å². The van der Waals surface area contributed by atoms with Crippen LogP contribution in [0.1, 0.15) is 5.56 Å². The van der Waals surface area contributed by atoms with Crippen molar-refractivity contribution < 1.29 is 9.59 Å². The van der Waals surface area contributed by atoms with Crippen LogP contribution < -0.4 is 0 Å². The van der Waals surface area contributed by atoms with Gasteiger partial charge in [-0.1, -0.05) is 29.3 Å². The van der Waals surface area contributed by atoms with Crippen molar-refractivity contribution in [3.63, 3.8) is 0 Å². The van der Waals surface area contributed by atoms with Crippen LogP contribution in [0.3, 0.4) is 0 Å². The minimum atomic E-state index is -0.0916. The van der Waals surface area contributed by atoms with Crippen LogP contribution >= 0.6 is 23.2 Å². The Hall–Kier alpha value is -1.26. The van der Waals surface area contributed by atoms with E-state index >= 15 is 0 Å². The zero-order valence-corrected chi connectivity index (χ0v) is 11.3. The van der Waals surface area contributed by atoms with Gasteiger partial charge in [-0.3, -0.25) is 9.59 Å². The molecule has 1 saturated heterocycles. The summed E-state index contributed by atoms with van der Waals surface area (Å²) in [5.74, 6) is -0.136. The largest absolute Gasteiger partial charge is 0.326 e. The fourth-order valence-corrected chi connectivity index (χ4v) is 2.09. The van der Waals surface area contributed by atoms with Gasteiger partial charge in [0.1, 0.15) is 6.54 Å². The minimum absolute atomic E-state index is 0.0440. The molecule has 1 aromatic carbocycles. The number of likely N-dealkylation sites (N-methyl/N-ethyl adjacent to an activating group) is 1.